The Kier molecular flexibility index (Phi) is 5.15. The summed E-state index contributed by atoms with van der Waals surface area (Å²) in [6.45, 7) is 1.49. The third-order valence-corrected chi connectivity index (χ3v) is 4.15. The van der Waals surface area contributed by atoms with Gasteiger partial charge in [0.2, 0.25) is 5.91 Å². The molecular formula is C18H16N4O2S. The predicted molar refractivity (Wildman–Crippen MR) is 98.4 cm³/mol. The van der Waals surface area contributed by atoms with Crippen molar-refractivity contribution in [1.82, 2.24) is 9.97 Å². The van der Waals surface area contributed by atoms with Gasteiger partial charge in [0.05, 0.1) is 12.1 Å². The van der Waals surface area contributed by atoms with E-state index >= 15 is 0 Å². The van der Waals surface area contributed by atoms with Crippen molar-refractivity contribution < 1.29 is 9.59 Å². The van der Waals surface area contributed by atoms with Gasteiger partial charge < -0.3 is 10.6 Å². The van der Waals surface area contributed by atoms with Crippen LogP contribution in [0.2, 0.25) is 0 Å². The minimum Gasteiger partial charge on any atom is -0.326 e. The second-order valence-electron chi connectivity index (χ2n) is 5.35. The molecule has 3 rings (SSSR count). The Balaban J connectivity index is 1.60. The predicted octanol–water partition coefficient (Wildman–Crippen LogP) is 3.67. The number of nitrogens with zero attached hydrogens (tertiary/aromatic N) is 2. The highest BCUT2D eigenvalue weighted by Crippen LogP contribution is 2.20. The van der Waals surface area contributed by atoms with Gasteiger partial charge in [0.1, 0.15) is 5.82 Å². The zero-order chi connectivity index (χ0) is 17.6. The van der Waals surface area contributed by atoms with Crippen LogP contribution in [0.15, 0.2) is 54.0 Å². The van der Waals surface area contributed by atoms with Crippen LogP contribution in [0, 0.1) is 0 Å². The van der Waals surface area contributed by atoms with Crippen molar-refractivity contribution in [2.24, 2.45) is 0 Å². The Bertz CT molecular complexity index is 893. The molecule has 6 nitrogen and oxygen atoms in total. The minimum absolute atomic E-state index is 0.0409. The number of hydrogen-bond donors (Lipinski definition) is 2. The van der Waals surface area contributed by atoms with Crippen molar-refractivity contribution in [2.45, 2.75) is 13.3 Å². The summed E-state index contributed by atoms with van der Waals surface area (Å²) in [5.74, 6) is 0.477. The molecule has 1 aromatic carbocycles. The molecule has 0 atom stereocenters. The summed E-state index contributed by atoms with van der Waals surface area (Å²) in [5, 5.41) is 8.39. The third kappa shape index (κ3) is 4.71. The van der Waals surface area contributed by atoms with Crippen LogP contribution < -0.4 is 10.6 Å². The summed E-state index contributed by atoms with van der Waals surface area (Å²) >= 11 is 1.41. The number of nitrogens with one attached hydrogen (secondary N) is 2. The van der Waals surface area contributed by atoms with Gasteiger partial charge in [-0.25, -0.2) is 9.97 Å². The maximum Gasteiger partial charge on any atom is 0.230 e. The molecule has 3 aromatic rings. The number of carbonyl (C=O) groups is 2. The maximum absolute atomic E-state index is 12.2. The first-order valence-corrected chi connectivity index (χ1v) is 8.51. The van der Waals surface area contributed by atoms with Crippen molar-refractivity contribution >= 4 is 39.7 Å². The van der Waals surface area contributed by atoms with Gasteiger partial charge in [-0.15, -0.1) is 11.3 Å². The molecule has 126 valence electrons. The lowest BCUT2D eigenvalue weighted by Gasteiger charge is -2.05. The van der Waals surface area contributed by atoms with Crippen LogP contribution in [-0.4, -0.2) is 21.7 Å². The average molecular weight is 352 g/mol. The van der Waals surface area contributed by atoms with E-state index in [1.54, 1.807) is 30.5 Å². The molecule has 0 saturated heterocycles. The van der Waals surface area contributed by atoms with Crippen LogP contribution in [0.1, 0.15) is 23.0 Å². The number of carbonyl (C=O) groups excluding carboxylic acids is 2. The van der Waals surface area contributed by atoms with E-state index in [4.69, 9.17) is 0 Å². The third-order valence-electron chi connectivity index (χ3n) is 3.35. The molecule has 25 heavy (non-hydrogen) atoms. The van der Waals surface area contributed by atoms with E-state index in [-0.39, 0.29) is 18.1 Å². The van der Waals surface area contributed by atoms with Crippen LogP contribution >= 0.6 is 11.3 Å². The SMILES string of the molecule is CC(=O)c1cccc(NC(=O)Cc2csc(Nc3ccccn3)n2)c1. The summed E-state index contributed by atoms with van der Waals surface area (Å²) in [6.07, 6.45) is 1.85. The molecule has 2 heterocycles. The number of aromatic nitrogens is 2. The lowest BCUT2D eigenvalue weighted by atomic mass is 10.1. The zero-order valence-electron chi connectivity index (χ0n) is 13.5. The normalized spacial score (nSPS) is 10.3. The van der Waals surface area contributed by atoms with Crippen LogP contribution in [0.5, 0.6) is 0 Å². The van der Waals surface area contributed by atoms with Crippen LogP contribution in [0.4, 0.5) is 16.6 Å². The molecular weight excluding hydrogens is 336 g/mol. The number of rotatable bonds is 6. The zero-order valence-corrected chi connectivity index (χ0v) is 14.3. The van der Waals surface area contributed by atoms with Crippen molar-refractivity contribution in [1.29, 1.82) is 0 Å². The molecule has 2 aromatic heterocycles. The highest BCUT2D eigenvalue weighted by molar-refractivity contribution is 7.13. The van der Waals surface area contributed by atoms with Crippen molar-refractivity contribution in [3.63, 3.8) is 0 Å². The van der Waals surface area contributed by atoms with E-state index in [2.05, 4.69) is 20.6 Å². The Labute approximate surface area is 149 Å². The van der Waals surface area contributed by atoms with Gasteiger partial charge in [-0.2, -0.15) is 0 Å². The fourth-order valence-corrected chi connectivity index (χ4v) is 2.89. The standard InChI is InChI=1S/C18H16N4O2S/c1-12(23)13-5-4-6-14(9-13)20-17(24)10-15-11-25-18(21-15)22-16-7-2-3-8-19-16/h2-9,11H,10H2,1H3,(H,20,24)(H,19,21,22). The molecule has 0 unspecified atom stereocenters. The Morgan fingerprint density at radius 2 is 2.04 bits per heavy atom. The summed E-state index contributed by atoms with van der Waals surface area (Å²) in [4.78, 5) is 32.1. The summed E-state index contributed by atoms with van der Waals surface area (Å²) in [6, 6.07) is 12.4. The van der Waals surface area contributed by atoms with E-state index < -0.39 is 0 Å². The highest BCUT2D eigenvalue weighted by Gasteiger charge is 2.09. The number of benzene rings is 1. The second kappa shape index (κ2) is 7.67. The number of pyridine rings is 1. The van der Waals surface area contributed by atoms with E-state index in [0.717, 1.165) is 0 Å². The molecule has 0 aliphatic carbocycles. The molecule has 0 bridgehead atoms. The molecule has 0 aliphatic heterocycles. The molecule has 7 heteroatoms. The van der Waals surface area contributed by atoms with Gasteiger partial charge in [-0.1, -0.05) is 18.2 Å². The number of amides is 1. The number of hydrogen-bond acceptors (Lipinski definition) is 6. The monoisotopic (exact) mass is 352 g/mol. The quantitative estimate of drug-likeness (QED) is 0.661. The van der Waals surface area contributed by atoms with Crippen molar-refractivity contribution in [3.05, 3.63) is 65.3 Å². The smallest absolute Gasteiger partial charge is 0.230 e. The molecule has 1 amide bonds. The minimum atomic E-state index is -0.185. The number of ketones is 1. The van der Waals surface area contributed by atoms with Gasteiger partial charge in [0.25, 0.3) is 0 Å². The first kappa shape index (κ1) is 16.8. The topological polar surface area (TPSA) is 84.0 Å². The molecule has 2 N–H and O–H groups in total. The van der Waals surface area contributed by atoms with E-state index in [1.165, 1.54) is 18.3 Å². The molecule has 0 aliphatic rings. The first-order valence-electron chi connectivity index (χ1n) is 7.63. The number of Topliss-reactive ketones (excluding diaryl/α,β-unsaturated/α-hetero) is 1. The van der Waals surface area contributed by atoms with E-state index in [9.17, 15) is 9.59 Å². The fourth-order valence-electron chi connectivity index (χ4n) is 2.18. The fraction of sp³-hybridized carbons (Fsp3) is 0.111. The summed E-state index contributed by atoms with van der Waals surface area (Å²) in [5.41, 5.74) is 1.83. The maximum atomic E-state index is 12.2. The lowest BCUT2D eigenvalue weighted by Crippen LogP contribution is -2.14. The van der Waals surface area contributed by atoms with E-state index in [0.29, 0.717) is 27.9 Å². The Hall–Kier alpha value is -3.06. The largest absolute Gasteiger partial charge is 0.326 e. The van der Waals surface area contributed by atoms with Crippen molar-refractivity contribution in [3.8, 4) is 0 Å². The lowest BCUT2D eigenvalue weighted by molar-refractivity contribution is -0.115. The number of anilines is 3. The number of thiazole rings is 1. The van der Waals surface area contributed by atoms with E-state index in [1.807, 2.05) is 23.6 Å². The highest BCUT2D eigenvalue weighted by atomic mass is 32.1. The van der Waals surface area contributed by atoms with Gasteiger partial charge in [0, 0.05) is 22.8 Å². The van der Waals surface area contributed by atoms with Crippen LogP contribution in [0.3, 0.4) is 0 Å². The Morgan fingerprint density at radius 3 is 2.80 bits per heavy atom. The molecule has 0 fully saturated rings. The molecule has 0 saturated carbocycles. The van der Waals surface area contributed by atoms with Crippen molar-refractivity contribution in [2.75, 3.05) is 10.6 Å². The molecule has 0 spiro atoms. The van der Waals surface area contributed by atoms with Crippen LogP contribution in [0.25, 0.3) is 0 Å². The molecule has 0 radical (unpaired) electrons. The van der Waals surface area contributed by atoms with Gasteiger partial charge in [0.15, 0.2) is 10.9 Å². The summed E-state index contributed by atoms with van der Waals surface area (Å²) < 4.78 is 0. The van der Waals surface area contributed by atoms with Crippen LogP contribution in [-0.2, 0) is 11.2 Å². The first-order chi connectivity index (χ1) is 12.1. The Morgan fingerprint density at radius 1 is 1.16 bits per heavy atom. The second-order valence-corrected chi connectivity index (χ2v) is 6.20. The summed E-state index contributed by atoms with van der Waals surface area (Å²) in [7, 11) is 0. The van der Waals surface area contributed by atoms with Gasteiger partial charge >= 0.3 is 0 Å². The van der Waals surface area contributed by atoms with Gasteiger partial charge in [-0.05, 0) is 31.2 Å². The van der Waals surface area contributed by atoms with Gasteiger partial charge in [-0.3, -0.25) is 9.59 Å². The average Bonchev–Trinajstić information content (AvgIpc) is 3.02.